The van der Waals surface area contributed by atoms with Gasteiger partial charge in [0, 0.05) is 13.2 Å². The minimum atomic E-state index is -0.641. The van der Waals surface area contributed by atoms with Crippen LogP contribution in [-0.4, -0.2) is 36.4 Å². The van der Waals surface area contributed by atoms with Crippen LogP contribution in [0.4, 0.5) is 0 Å². The molecule has 1 aliphatic carbocycles. The van der Waals surface area contributed by atoms with Gasteiger partial charge in [-0.25, -0.2) is 0 Å². The summed E-state index contributed by atoms with van der Waals surface area (Å²) in [6.45, 7) is 3.25. The molecular formula is C12H23NO3. The SMILES string of the molecule is CCCCCOCC(=O)NCC1(O)CCC1. The van der Waals surface area contributed by atoms with E-state index in [1.807, 2.05) is 0 Å². The zero-order chi connectivity index (χ0) is 11.9. The first-order valence-corrected chi connectivity index (χ1v) is 6.23. The molecule has 0 radical (unpaired) electrons. The number of amides is 1. The topological polar surface area (TPSA) is 58.6 Å². The first kappa shape index (κ1) is 13.5. The number of nitrogens with one attached hydrogen (secondary N) is 1. The molecule has 0 atom stereocenters. The van der Waals surface area contributed by atoms with Crippen molar-refractivity contribution in [2.75, 3.05) is 19.8 Å². The second-order valence-corrected chi connectivity index (χ2v) is 4.61. The van der Waals surface area contributed by atoms with Gasteiger partial charge >= 0.3 is 0 Å². The zero-order valence-corrected chi connectivity index (χ0v) is 10.1. The monoisotopic (exact) mass is 229 g/mol. The van der Waals surface area contributed by atoms with Gasteiger partial charge in [-0.3, -0.25) is 4.79 Å². The second kappa shape index (κ2) is 6.86. The Balaban J connectivity index is 1.94. The molecule has 0 bridgehead atoms. The van der Waals surface area contributed by atoms with E-state index in [0.29, 0.717) is 13.2 Å². The number of hydrogen-bond acceptors (Lipinski definition) is 3. The van der Waals surface area contributed by atoms with Crippen molar-refractivity contribution >= 4 is 5.91 Å². The van der Waals surface area contributed by atoms with E-state index >= 15 is 0 Å². The second-order valence-electron chi connectivity index (χ2n) is 4.61. The summed E-state index contributed by atoms with van der Waals surface area (Å²) < 4.78 is 5.22. The van der Waals surface area contributed by atoms with Crippen molar-refractivity contribution in [2.45, 2.75) is 51.0 Å². The van der Waals surface area contributed by atoms with Crippen LogP contribution in [0.3, 0.4) is 0 Å². The molecule has 1 aliphatic rings. The summed E-state index contributed by atoms with van der Waals surface area (Å²) in [4.78, 5) is 11.3. The van der Waals surface area contributed by atoms with E-state index in [4.69, 9.17) is 4.74 Å². The van der Waals surface area contributed by atoms with Gasteiger partial charge in [-0.1, -0.05) is 19.8 Å². The zero-order valence-electron chi connectivity index (χ0n) is 10.1. The first-order valence-electron chi connectivity index (χ1n) is 6.23. The third kappa shape index (κ3) is 4.94. The van der Waals surface area contributed by atoms with Crippen LogP contribution < -0.4 is 5.32 Å². The highest BCUT2D eigenvalue weighted by atomic mass is 16.5. The lowest BCUT2D eigenvalue weighted by molar-refractivity contribution is -0.128. The standard InChI is InChI=1S/C12H23NO3/c1-2-3-4-8-16-9-11(14)13-10-12(15)6-5-7-12/h15H,2-10H2,1H3,(H,13,14). The normalized spacial score (nSPS) is 17.9. The molecule has 0 spiro atoms. The van der Waals surface area contributed by atoms with Crippen molar-refractivity contribution in [2.24, 2.45) is 0 Å². The highest BCUT2D eigenvalue weighted by Crippen LogP contribution is 2.30. The fraction of sp³-hybridized carbons (Fsp3) is 0.917. The Hall–Kier alpha value is -0.610. The number of hydrogen-bond donors (Lipinski definition) is 2. The van der Waals surface area contributed by atoms with Gasteiger partial charge in [0.2, 0.25) is 5.91 Å². The molecule has 94 valence electrons. The van der Waals surface area contributed by atoms with Crippen molar-refractivity contribution in [1.82, 2.24) is 5.32 Å². The van der Waals surface area contributed by atoms with E-state index < -0.39 is 5.60 Å². The minimum absolute atomic E-state index is 0.111. The van der Waals surface area contributed by atoms with Crippen LogP contribution in [0, 0.1) is 0 Å². The number of rotatable bonds is 8. The summed E-state index contributed by atoms with van der Waals surface area (Å²) in [5, 5.41) is 12.4. The Bertz CT molecular complexity index is 214. The summed E-state index contributed by atoms with van der Waals surface area (Å²) in [6.07, 6.45) is 5.95. The molecule has 1 saturated carbocycles. The molecule has 1 rings (SSSR count). The molecule has 2 N–H and O–H groups in total. The van der Waals surface area contributed by atoms with E-state index in [1.54, 1.807) is 0 Å². The molecule has 16 heavy (non-hydrogen) atoms. The third-order valence-corrected chi connectivity index (χ3v) is 3.02. The van der Waals surface area contributed by atoms with Crippen LogP contribution in [0.1, 0.15) is 45.4 Å². The molecule has 0 aromatic heterocycles. The quantitative estimate of drug-likeness (QED) is 0.615. The summed E-state index contributed by atoms with van der Waals surface area (Å²) in [5.74, 6) is -0.128. The molecular weight excluding hydrogens is 206 g/mol. The Kier molecular flexibility index (Phi) is 5.77. The summed E-state index contributed by atoms with van der Waals surface area (Å²) >= 11 is 0. The molecule has 0 aromatic carbocycles. The van der Waals surface area contributed by atoms with E-state index in [-0.39, 0.29) is 12.5 Å². The maximum Gasteiger partial charge on any atom is 0.246 e. The van der Waals surface area contributed by atoms with E-state index in [1.165, 1.54) is 0 Å². The summed E-state index contributed by atoms with van der Waals surface area (Å²) in [7, 11) is 0. The third-order valence-electron chi connectivity index (χ3n) is 3.02. The lowest BCUT2D eigenvalue weighted by Crippen LogP contribution is -2.48. The molecule has 1 amide bonds. The number of ether oxygens (including phenoxy) is 1. The Morgan fingerprint density at radius 3 is 2.75 bits per heavy atom. The largest absolute Gasteiger partial charge is 0.388 e. The summed E-state index contributed by atoms with van der Waals surface area (Å²) in [5.41, 5.74) is -0.641. The van der Waals surface area contributed by atoms with Crippen LogP contribution in [0.25, 0.3) is 0 Å². The van der Waals surface area contributed by atoms with Gasteiger partial charge < -0.3 is 15.2 Å². The van der Waals surface area contributed by atoms with Crippen LogP contribution in [0.15, 0.2) is 0 Å². The molecule has 4 heteroatoms. The average molecular weight is 229 g/mol. The maximum absolute atomic E-state index is 11.3. The molecule has 0 aliphatic heterocycles. The Morgan fingerprint density at radius 2 is 2.19 bits per heavy atom. The molecule has 4 nitrogen and oxygen atoms in total. The van der Waals surface area contributed by atoms with Crippen LogP contribution >= 0.6 is 0 Å². The number of aliphatic hydroxyl groups is 1. The van der Waals surface area contributed by atoms with Crippen LogP contribution in [-0.2, 0) is 9.53 Å². The van der Waals surface area contributed by atoms with Crippen molar-refractivity contribution in [3.05, 3.63) is 0 Å². The predicted octanol–water partition coefficient (Wildman–Crippen LogP) is 1.22. The smallest absolute Gasteiger partial charge is 0.246 e. The molecule has 1 fully saturated rings. The van der Waals surface area contributed by atoms with Gasteiger partial charge in [0.15, 0.2) is 0 Å². The molecule has 0 aromatic rings. The fourth-order valence-corrected chi connectivity index (χ4v) is 1.69. The van der Waals surface area contributed by atoms with Crippen molar-refractivity contribution in [3.8, 4) is 0 Å². The fourth-order valence-electron chi connectivity index (χ4n) is 1.69. The lowest BCUT2D eigenvalue weighted by Gasteiger charge is -2.36. The van der Waals surface area contributed by atoms with E-state index in [0.717, 1.165) is 38.5 Å². The minimum Gasteiger partial charge on any atom is -0.388 e. The first-order chi connectivity index (χ1) is 7.66. The Labute approximate surface area is 97.4 Å². The average Bonchev–Trinajstić information content (AvgIpc) is 2.23. The Morgan fingerprint density at radius 1 is 1.44 bits per heavy atom. The number of carbonyl (C=O) groups is 1. The van der Waals surface area contributed by atoms with Crippen molar-refractivity contribution in [3.63, 3.8) is 0 Å². The van der Waals surface area contributed by atoms with Gasteiger partial charge in [-0.15, -0.1) is 0 Å². The lowest BCUT2D eigenvalue weighted by atomic mass is 9.80. The van der Waals surface area contributed by atoms with Gasteiger partial charge in [0.05, 0.1) is 5.60 Å². The highest BCUT2D eigenvalue weighted by Gasteiger charge is 2.34. The number of unbranched alkanes of at least 4 members (excludes halogenated alkanes) is 2. The van der Waals surface area contributed by atoms with Gasteiger partial charge in [-0.2, -0.15) is 0 Å². The van der Waals surface area contributed by atoms with Crippen LogP contribution in [0.2, 0.25) is 0 Å². The highest BCUT2D eigenvalue weighted by molar-refractivity contribution is 5.77. The van der Waals surface area contributed by atoms with Gasteiger partial charge in [-0.05, 0) is 25.7 Å². The number of carbonyl (C=O) groups excluding carboxylic acids is 1. The molecule has 0 saturated heterocycles. The van der Waals surface area contributed by atoms with Gasteiger partial charge in [0.1, 0.15) is 6.61 Å². The predicted molar refractivity (Wildman–Crippen MR) is 62.2 cm³/mol. The van der Waals surface area contributed by atoms with E-state index in [2.05, 4.69) is 12.2 Å². The van der Waals surface area contributed by atoms with E-state index in [9.17, 15) is 9.90 Å². The van der Waals surface area contributed by atoms with Crippen LogP contribution in [0.5, 0.6) is 0 Å². The van der Waals surface area contributed by atoms with Gasteiger partial charge in [0.25, 0.3) is 0 Å². The van der Waals surface area contributed by atoms with Crippen molar-refractivity contribution in [1.29, 1.82) is 0 Å². The maximum atomic E-state index is 11.3. The molecule has 0 heterocycles. The summed E-state index contributed by atoms with van der Waals surface area (Å²) in [6, 6.07) is 0. The van der Waals surface area contributed by atoms with Crippen molar-refractivity contribution < 1.29 is 14.6 Å². The molecule has 0 unspecified atom stereocenters.